The van der Waals surface area contributed by atoms with E-state index in [0.29, 0.717) is 16.1 Å². The highest BCUT2D eigenvalue weighted by atomic mass is 19.4. The lowest BCUT2D eigenvalue weighted by atomic mass is 10.1. The average Bonchev–Trinajstić information content (AvgIpc) is 3.13. The van der Waals surface area contributed by atoms with E-state index in [1.54, 1.807) is 37.3 Å². The van der Waals surface area contributed by atoms with Crippen LogP contribution in [0.3, 0.4) is 0 Å². The van der Waals surface area contributed by atoms with Crippen LogP contribution in [0.2, 0.25) is 0 Å². The van der Waals surface area contributed by atoms with Crippen molar-refractivity contribution in [3.8, 4) is 5.69 Å². The van der Waals surface area contributed by atoms with Crippen molar-refractivity contribution in [2.75, 3.05) is 0 Å². The Balaban J connectivity index is 1.94. The van der Waals surface area contributed by atoms with Crippen molar-refractivity contribution in [1.29, 1.82) is 0 Å². The second-order valence-electron chi connectivity index (χ2n) is 6.54. The van der Waals surface area contributed by atoms with Gasteiger partial charge >= 0.3 is 17.3 Å². The van der Waals surface area contributed by atoms with Crippen LogP contribution in [0.1, 0.15) is 17.0 Å². The highest BCUT2D eigenvalue weighted by molar-refractivity contribution is 5.79. The van der Waals surface area contributed by atoms with Crippen LogP contribution in [0.25, 0.3) is 16.7 Å². The number of nitrogens with one attached hydrogen (secondary N) is 1. The molecule has 0 radical (unpaired) electrons. The van der Waals surface area contributed by atoms with Gasteiger partial charge in [0.25, 0.3) is 0 Å². The smallest absolute Gasteiger partial charge is 0.405 e. The van der Waals surface area contributed by atoms with Crippen molar-refractivity contribution in [3.05, 3.63) is 92.5 Å². The molecule has 0 fully saturated rings. The number of rotatable bonds is 4. The maximum absolute atomic E-state index is 13.8. The van der Waals surface area contributed by atoms with E-state index in [-0.39, 0.29) is 23.3 Å². The number of hydrogen-bond acceptors (Lipinski definition) is 4. The van der Waals surface area contributed by atoms with E-state index in [0.717, 1.165) is 12.1 Å². The quantitative estimate of drug-likeness (QED) is 0.519. The SMILES string of the molecule is Cc1nccn1-c1cc2[nH]c(=O)c(=O)n(OCc3ccccc3)c2cc1C(F)(F)F. The number of nitrogens with zero attached hydrogens (tertiary/aromatic N) is 3. The van der Waals surface area contributed by atoms with Crippen molar-refractivity contribution in [2.24, 2.45) is 0 Å². The van der Waals surface area contributed by atoms with E-state index in [9.17, 15) is 22.8 Å². The van der Waals surface area contributed by atoms with Gasteiger partial charge < -0.3 is 14.4 Å². The fourth-order valence-electron chi connectivity index (χ4n) is 3.12. The van der Waals surface area contributed by atoms with Crippen LogP contribution in [0.15, 0.2) is 64.4 Å². The first-order chi connectivity index (χ1) is 14.3. The molecule has 4 aromatic rings. The third-order valence-electron chi connectivity index (χ3n) is 4.55. The van der Waals surface area contributed by atoms with E-state index in [1.807, 2.05) is 0 Å². The molecule has 0 bridgehead atoms. The lowest BCUT2D eigenvalue weighted by Gasteiger charge is -2.18. The number of aromatic nitrogens is 4. The van der Waals surface area contributed by atoms with Crippen molar-refractivity contribution in [2.45, 2.75) is 19.7 Å². The summed E-state index contributed by atoms with van der Waals surface area (Å²) in [5.74, 6) is 0.329. The zero-order chi connectivity index (χ0) is 21.5. The minimum atomic E-state index is -4.73. The molecule has 0 amide bonds. The summed E-state index contributed by atoms with van der Waals surface area (Å²) >= 11 is 0. The Morgan fingerprint density at radius 2 is 1.87 bits per heavy atom. The minimum absolute atomic E-state index is 0.0174. The highest BCUT2D eigenvalue weighted by Gasteiger charge is 2.35. The number of imidazole rings is 1. The summed E-state index contributed by atoms with van der Waals surface area (Å²) in [5.41, 5.74) is -2.86. The number of aromatic amines is 1. The lowest BCUT2D eigenvalue weighted by molar-refractivity contribution is -0.137. The molecular formula is C20H15F3N4O3. The fourth-order valence-corrected chi connectivity index (χ4v) is 3.12. The van der Waals surface area contributed by atoms with Gasteiger partial charge in [0.05, 0.1) is 16.8 Å². The van der Waals surface area contributed by atoms with Gasteiger partial charge in [-0.15, -0.1) is 4.73 Å². The number of alkyl halides is 3. The molecule has 2 aromatic carbocycles. The summed E-state index contributed by atoms with van der Waals surface area (Å²) in [4.78, 5) is 36.1. The Hall–Kier alpha value is -3.82. The normalized spacial score (nSPS) is 11.7. The molecule has 0 spiro atoms. The van der Waals surface area contributed by atoms with Crippen molar-refractivity contribution in [1.82, 2.24) is 19.3 Å². The molecule has 0 aliphatic heterocycles. The molecule has 30 heavy (non-hydrogen) atoms. The molecule has 4 rings (SSSR count). The van der Waals surface area contributed by atoms with Crippen molar-refractivity contribution < 1.29 is 18.0 Å². The number of H-pyrrole nitrogens is 1. The zero-order valence-electron chi connectivity index (χ0n) is 15.6. The second kappa shape index (κ2) is 7.21. The second-order valence-corrected chi connectivity index (χ2v) is 6.54. The number of benzene rings is 2. The van der Waals surface area contributed by atoms with E-state index in [1.165, 1.54) is 17.0 Å². The third-order valence-corrected chi connectivity index (χ3v) is 4.55. The van der Waals surface area contributed by atoms with Gasteiger partial charge in [0.1, 0.15) is 17.9 Å². The van der Waals surface area contributed by atoms with Gasteiger partial charge in [0.2, 0.25) is 0 Å². The van der Waals surface area contributed by atoms with E-state index in [4.69, 9.17) is 4.84 Å². The van der Waals surface area contributed by atoms with Crippen LogP contribution >= 0.6 is 0 Å². The van der Waals surface area contributed by atoms with Crippen LogP contribution < -0.4 is 16.0 Å². The van der Waals surface area contributed by atoms with Crippen LogP contribution in [0.5, 0.6) is 0 Å². The Labute approximate surface area is 166 Å². The van der Waals surface area contributed by atoms with Gasteiger partial charge in [-0.2, -0.15) is 13.2 Å². The van der Waals surface area contributed by atoms with Gasteiger partial charge in [0.15, 0.2) is 0 Å². The molecule has 0 saturated carbocycles. The van der Waals surface area contributed by atoms with Crippen LogP contribution in [-0.4, -0.2) is 19.3 Å². The van der Waals surface area contributed by atoms with Gasteiger partial charge in [-0.05, 0) is 24.6 Å². The van der Waals surface area contributed by atoms with E-state index >= 15 is 0 Å². The molecule has 0 saturated heterocycles. The first kappa shape index (κ1) is 19.5. The zero-order valence-corrected chi connectivity index (χ0v) is 15.6. The molecular weight excluding hydrogens is 401 g/mol. The van der Waals surface area contributed by atoms with Gasteiger partial charge in [-0.25, -0.2) is 4.98 Å². The van der Waals surface area contributed by atoms with Crippen LogP contribution in [0.4, 0.5) is 13.2 Å². The molecule has 2 heterocycles. The molecule has 154 valence electrons. The topological polar surface area (TPSA) is 81.9 Å². The fraction of sp³-hybridized carbons (Fsp3) is 0.150. The Kier molecular flexibility index (Phi) is 4.69. The molecule has 0 aliphatic rings. The molecule has 10 heteroatoms. The third kappa shape index (κ3) is 3.47. The molecule has 1 N–H and O–H groups in total. The van der Waals surface area contributed by atoms with Crippen molar-refractivity contribution in [3.63, 3.8) is 0 Å². The summed E-state index contributed by atoms with van der Waals surface area (Å²) in [5, 5.41) is 0. The largest absolute Gasteiger partial charge is 0.418 e. The standard InChI is InChI=1S/C20H15F3N4O3/c1-12-24-7-8-26(12)16-10-15-17(9-14(16)20(21,22)23)27(19(29)18(28)25-15)30-11-13-5-3-2-4-6-13/h2-10H,11H2,1H3,(H,25,28). The van der Waals surface area contributed by atoms with Gasteiger partial charge in [0, 0.05) is 12.4 Å². The summed E-state index contributed by atoms with van der Waals surface area (Å²) in [6.45, 7) is 1.44. The number of halogens is 3. The van der Waals surface area contributed by atoms with Gasteiger partial charge in [-0.3, -0.25) is 9.59 Å². The summed E-state index contributed by atoms with van der Waals surface area (Å²) in [7, 11) is 0. The summed E-state index contributed by atoms with van der Waals surface area (Å²) < 4.78 is 43.3. The molecule has 2 aromatic heterocycles. The number of aryl methyl sites for hydroxylation is 1. The molecule has 0 aliphatic carbocycles. The summed E-state index contributed by atoms with van der Waals surface area (Å²) in [6, 6.07) is 10.7. The molecule has 7 nitrogen and oxygen atoms in total. The monoisotopic (exact) mass is 416 g/mol. The van der Waals surface area contributed by atoms with Crippen LogP contribution in [0, 0.1) is 6.92 Å². The number of hydrogen-bond donors (Lipinski definition) is 1. The van der Waals surface area contributed by atoms with Crippen molar-refractivity contribution >= 4 is 11.0 Å². The predicted molar refractivity (Wildman–Crippen MR) is 102 cm³/mol. The maximum atomic E-state index is 13.8. The Morgan fingerprint density at radius 3 is 2.50 bits per heavy atom. The first-order valence-corrected chi connectivity index (χ1v) is 8.83. The van der Waals surface area contributed by atoms with Gasteiger partial charge in [-0.1, -0.05) is 30.3 Å². The lowest BCUT2D eigenvalue weighted by Crippen LogP contribution is -2.39. The molecule has 0 atom stereocenters. The Morgan fingerprint density at radius 1 is 1.13 bits per heavy atom. The van der Waals surface area contributed by atoms with E-state index in [2.05, 4.69) is 9.97 Å². The minimum Gasteiger partial charge on any atom is -0.405 e. The van der Waals surface area contributed by atoms with Crippen LogP contribution in [-0.2, 0) is 12.8 Å². The molecule has 0 unspecified atom stereocenters. The number of fused-ring (bicyclic) bond motifs is 1. The predicted octanol–water partition coefficient (Wildman–Crippen LogP) is 2.83. The summed E-state index contributed by atoms with van der Waals surface area (Å²) in [6.07, 6.45) is -1.98. The average molecular weight is 416 g/mol. The Bertz CT molecular complexity index is 1340. The highest BCUT2D eigenvalue weighted by Crippen LogP contribution is 2.36. The first-order valence-electron chi connectivity index (χ1n) is 8.83. The maximum Gasteiger partial charge on any atom is 0.418 e. The van der Waals surface area contributed by atoms with E-state index < -0.39 is 22.9 Å².